The first-order chi connectivity index (χ1) is 10.2. The van der Waals surface area contributed by atoms with E-state index in [-0.39, 0.29) is 11.8 Å². The zero-order valence-corrected chi connectivity index (χ0v) is 11.9. The molecule has 2 N–H and O–H groups in total. The number of carbonyl (C=O) groups excluding carboxylic acids is 2. The standard InChI is InChI=1S/C15H14ClN3O2/c16-13-3-1-2-12(10-13)15(21)19-9-8-18-14(20)11-4-6-17-7-5-11/h1-7,10H,8-9H2,(H,18,20)(H,19,21). The highest BCUT2D eigenvalue weighted by atomic mass is 35.5. The lowest BCUT2D eigenvalue weighted by Crippen LogP contribution is -2.34. The molecular weight excluding hydrogens is 290 g/mol. The molecule has 0 radical (unpaired) electrons. The summed E-state index contributed by atoms with van der Waals surface area (Å²) in [6.45, 7) is 0.676. The van der Waals surface area contributed by atoms with Gasteiger partial charge in [0.1, 0.15) is 0 Å². The smallest absolute Gasteiger partial charge is 0.251 e. The summed E-state index contributed by atoms with van der Waals surface area (Å²) in [4.78, 5) is 27.4. The average Bonchev–Trinajstić information content (AvgIpc) is 2.52. The van der Waals surface area contributed by atoms with Crippen LogP contribution in [-0.4, -0.2) is 29.9 Å². The van der Waals surface area contributed by atoms with E-state index in [9.17, 15) is 9.59 Å². The summed E-state index contributed by atoms with van der Waals surface area (Å²) in [6.07, 6.45) is 3.10. The van der Waals surface area contributed by atoms with Gasteiger partial charge in [-0.1, -0.05) is 17.7 Å². The van der Waals surface area contributed by atoms with Gasteiger partial charge in [0.2, 0.25) is 0 Å². The van der Waals surface area contributed by atoms with Crippen LogP contribution in [0.15, 0.2) is 48.8 Å². The minimum Gasteiger partial charge on any atom is -0.350 e. The number of halogens is 1. The van der Waals surface area contributed by atoms with Crippen LogP contribution >= 0.6 is 11.6 Å². The molecule has 1 heterocycles. The van der Waals surface area contributed by atoms with E-state index in [1.54, 1.807) is 48.8 Å². The van der Waals surface area contributed by atoms with Crippen LogP contribution in [0.25, 0.3) is 0 Å². The van der Waals surface area contributed by atoms with Gasteiger partial charge in [-0.25, -0.2) is 0 Å². The number of hydrogen-bond acceptors (Lipinski definition) is 3. The van der Waals surface area contributed by atoms with Crippen molar-refractivity contribution in [1.29, 1.82) is 0 Å². The highest BCUT2D eigenvalue weighted by Crippen LogP contribution is 2.10. The van der Waals surface area contributed by atoms with Crippen LogP contribution in [0.2, 0.25) is 5.02 Å². The number of carbonyl (C=O) groups is 2. The molecule has 0 aliphatic carbocycles. The fourth-order valence-electron chi connectivity index (χ4n) is 1.69. The van der Waals surface area contributed by atoms with Crippen molar-refractivity contribution < 1.29 is 9.59 Å². The normalized spacial score (nSPS) is 9.95. The monoisotopic (exact) mass is 303 g/mol. The molecule has 5 nitrogen and oxygen atoms in total. The molecule has 2 rings (SSSR count). The second-order valence-corrected chi connectivity index (χ2v) is 4.69. The van der Waals surface area contributed by atoms with Crippen LogP contribution in [0.3, 0.4) is 0 Å². The van der Waals surface area contributed by atoms with Crippen molar-refractivity contribution in [3.05, 3.63) is 64.9 Å². The van der Waals surface area contributed by atoms with Crippen molar-refractivity contribution in [2.24, 2.45) is 0 Å². The van der Waals surface area contributed by atoms with Crippen LogP contribution in [0, 0.1) is 0 Å². The minimum atomic E-state index is -0.226. The highest BCUT2D eigenvalue weighted by Gasteiger charge is 2.06. The molecule has 0 aliphatic heterocycles. The molecule has 0 fully saturated rings. The summed E-state index contributed by atoms with van der Waals surface area (Å²) in [5.41, 5.74) is 1.02. The van der Waals surface area contributed by atoms with Gasteiger partial charge >= 0.3 is 0 Å². The lowest BCUT2D eigenvalue weighted by molar-refractivity contribution is 0.0927. The van der Waals surface area contributed by atoms with Gasteiger partial charge in [-0.05, 0) is 30.3 Å². The Morgan fingerprint density at radius 3 is 2.19 bits per heavy atom. The summed E-state index contributed by atoms with van der Waals surface area (Å²) < 4.78 is 0. The quantitative estimate of drug-likeness (QED) is 0.829. The second-order valence-electron chi connectivity index (χ2n) is 4.26. The molecule has 0 aliphatic rings. The van der Waals surface area contributed by atoms with E-state index in [2.05, 4.69) is 15.6 Å². The first-order valence-electron chi connectivity index (χ1n) is 6.39. The van der Waals surface area contributed by atoms with Crippen LogP contribution in [0.1, 0.15) is 20.7 Å². The van der Waals surface area contributed by atoms with Gasteiger partial charge in [0, 0.05) is 41.6 Å². The summed E-state index contributed by atoms with van der Waals surface area (Å²) in [5.74, 6) is -0.426. The summed E-state index contributed by atoms with van der Waals surface area (Å²) >= 11 is 5.82. The van der Waals surface area contributed by atoms with Gasteiger partial charge in [0.25, 0.3) is 11.8 Å². The summed E-state index contributed by atoms with van der Waals surface area (Å²) in [7, 11) is 0. The number of amides is 2. The maximum atomic E-state index is 11.8. The van der Waals surface area contributed by atoms with Gasteiger partial charge in [0.15, 0.2) is 0 Å². The van der Waals surface area contributed by atoms with Gasteiger partial charge in [0.05, 0.1) is 0 Å². The first kappa shape index (κ1) is 15.0. The molecule has 108 valence electrons. The van der Waals surface area contributed by atoms with Gasteiger partial charge in [-0.15, -0.1) is 0 Å². The van der Waals surface area contributed by atoms with E-state index in [0.29, 0.717) is 29.2 Å². The Hall–Kier alpha value is -2.40. The van der Waals surface area contributed by atoms with Gasteiger partial charge in [-0.3, -0.25) is 14.6 Å². The van der Waals surface area contributed by atoms with Crippen molar-refractivity contribution in [3.63, 3.8) is 0 Å². The maximum absolute atomic E-state index is 11.8. The molecule has 0 spiro atoms. The Kier molecular flexibility index (Phi) is 5.29. The van der Waals surface area contributed by atoms with Crippen LogP contribution in [0.4, 0.5) is 0 Å². The van der Waals surface area contributed by atoms with E-state index in [1.807, 2.05) is 0 Å². The number of pyridine rings is 1. The van der Waals surface area contributed by atoms with Crippen molar-refractivity contribution in [1.82, 2.24) is 15.6 Å². The molecule has 21 heavy (non-hydrogen) atoms. The average molecular weight is 304 g/mol. The lowest BCUT2D eigenvalue weighted by Gasteiger charge is -2.07. The third-order valence-electron chi connectivity index (χ3n) is 2.73. The molecule has 1 aromatic heterocycles. The number of hydrogen-bond donors (Lipinski definition) is 2. The molecule has 0 bridgehead atoms. The minimum absolute atomic E-state index is 0.200. The Morgan fingerprint density at radius 1 is 0.952 bits per heavy atom. The summed E-state index contributed by atoms with van der Waals surface area (Å²) in [5, 5.41) is 5.93. The molecule has 6 heteroatoms. The van der Waals surface area contributed by atoms with E-state index >= 15 is 0 Å². The number of benzene rings is 1. The zero-order valence-electron chi connectivity index (χ0n) is 11.2. The molecule has 0 unspecified atom stereocenters. The number of rotatable bonds is 5. The fraction of sp³-hybridized carbons (Fsp3) is 0.133. The Morgan fingerprint density at radius 2 is 1.57 bits per heavy atom. The van der Waals surface area contributed by atoms with Gasteiger partial charge in [-0.2, -0.15) is 0 Å². The van der Waals surface area contributed by atoms with Crippen molar-refractivity contribution in [3.8, 4) is 0 Å². The van der Waals surface area contributed by atoms with E-state index in [4.69, 9.17) is 11.6 Å². The molecule has 1 aromatic carbocycles. The molecule has 2 aromatic rings. The van der Waals surface area contributed by atoms with Crippen LogP contribution in [0.5, 0.6) is 0 Å². The molecule has 0 atom stereocenters. The van der Waals surface area contributed by atoms with E-state index in [1.165, 1.54) is 0 Å². The predicted octanol–water partition coefficient (Wildman–Crippen LogP) is 1.89. The van der Waals surface area contributed by atoms with Gasteiger partial charge < -0.3 is 10.6 Å². The number of nitrogens with one attached hydrogen (secondary N) is 2. The molecule has 0 saturated carbocycles. The topological polar surface area (TPSA) is 71.1 Å². The highest BCUT2D eigenvalue weighted by molar-refractivity contribution is 6.30. The SMILES string of the molecule is O=C(NCCNC(=O)c1cccc(Cl)c1)c1ccncc1. The predicted molar refractivity (Wildman–Crippen MR) is 80.4 cm³/mol. The summed E-state index contributed by atoms with van der Waals surface area (Å²) in [6, 6.07) is 9.93. The van der Waals surface area contributed by atoms with E-state index in [0.717, 1.165) is 0 Å². The number of nitrogens with zero attached hydrogens (tertiary/aromatic N) is 1. The largest absolute Gasteiger partial charge is 0.350 e. The molecular formula is C15H14ClN3O2. The lowest BCUT2D eigenvalue weighted by atomic mass is 10.2. The Balaban J connectivity index is 1.75. The third kappa shape index (κ3) is 4.57. The van der Waals surface area contributed by atoms with Crippen LogP contribution in [-0.2, 0) is 0 Å². The van der Waals surface area contributed by atoms with Crippen molar-refractivity contribution in [2.75, 3.05) is 13.1 Å². The molecule has 2 amide bonds. The van der Waals surface area contributed by atoms with Crippen molar-refractivity contribution in [2.45, 2.75) is 0 Å². The Bertz CT molecular complexity index is 632. The molecule has 0 saturated heterocycles. The zero-order chi connectivity index (χ0) is 15.1. The number of aromatic nitrogens is 1. The first-order valence-corrected chi connectivity index (χ1v) is 6.76. The van der Waals surface area contributed by atoms with Crippen molar-refractivity contribution >= 4 is 23.4 Å². The Labute approximate surface area is 127 Å². The van der Waals surface area contributed by atoms with Crippen LogP contribution < -0.4 is 10.6 Å². The fourth-order valence-corrected chi connectivity index (χ4v) is 1.88. The second kappa shape index (κ2) is 7.40. The van der Waals surface area contributed by atoms with E-state index < -0.39 is 0 Å². The third-order valence-corrected chi connectivity index (χ3v) is 2.96. The maximum Gasteiger partial charge on any atom is 0.251 e.